The number of oxime groups is 1. The van der Waals surface area contributed by atoms with Gasteiger partial charge in [-0.1, -0.05) is 12.1 Å². The molecule has 1 atom stereocenters. The molecular weight excluding hydrogens is 218 g/mol. The molecular formula is C11H21N5O. The first kappa shape index (κ1) is 13.5. The first-order chi connectivity index (χ1) is 8.17. The summed E-state index contributed by atoms with van der Waals surface area (Å²) in [6, 6.07) is 0.242. The van der Waals surface area contributed by atoms with Crippen molar-refractivity contribution >= 4 is 5.84 Å². The van der Waals surface area contributed by atoms with E-state index < -0.39 is 0 Å². The Labute approximate surface area is 102 Å². The molecule has 0 amide bonds. The third-order valence-electron chi connectivity index (χ3n) is 2.78. The predicted molar refractivity (Wildman–Crippen MR) is 67.0 cm³/mol. The number of nitrogens with one attached hydrogen (secondary N) is 1. The van der Waals surface area contributed by atoms with Gasteiger partial charge in [-0.25, -0.2) is 4.98 Å². The van der Waals surface area contributed by atoms with Crippen LogP contribution in [-0.4, -0.2) is 33.2 Å². The molecule has 0 saturated carbocycles. The third-order valence-corrected chi connectivity index (χ3v) is 2.78. The van der Waals surface area contributed by atoms with Crippen LogP contribution in [0.3, 0.4) is 0 Å². The van der Waals surface area contributed by atoms with Gasteiger partial charge in [0.25, 0.3) is 0 Å². The molecule has 1 aromatic heterocycles. The largest absolute Gasteiger partial charge is 0.409 e. The molecule has 1 aromatic rings. The summed E-state index contributed by atoms with van der Waals surface area (Å²) in [6.07, 6.45) is 6.10. The van der Waals surface area contributed by atoms with Crippen molar-refractivity contribution in [2.45, 2.75) is 32.2 Å². The quantitative estimate of drug-likeness (QED) is 0.279. The van der Waals surface area contributed by atoms with E-state index in [0.717, 1.165) is 25.2 Å². The Morgan fingerprint density at radius 2 is 2.47 bits per heavy atom. The number of nitrogens with zero attached hydrogens (tertiary/aromatic N) is 3. The van der Waals surface area contributed by atoms with Gasteiger partial charge in [0.05, 0.1) is 0 Å². The van der Waals surface area contributed by atoms with E-state index in [0.29, 0.717) is 6.42 Å². The molecule has 1 heterocycles. The maximum absolute atomic E-state index is 8.51. The van der Waals surface area contributed by atoms with Gasteiger partial charge in [0, 0.05) is 44.9 Å². The molecule has 0 aliphatic rings. The van der Waals surface area contributed by atoms with E-state index in [9.17, 15) is 0 Å². The van der Waals surface area contributed by atoms with Crippen molar-refractivity contribution in [3.8, 4) is 0 Å². The molecule has 6 nitrogen and oxygen atoms in total. The maximum Gasteiger partial charge on any atom is 0.140 e. The van der Waals surface area contributed by atoms with Crippen LogP contribution in [0.5, 0.6) is 0 Å². The minimum atomic E-state index is 0.242. The topological polar surface area (TPSA) is 88.5 Å². The molecule has 0 spiro atoms. The van der Waals surface area contributed by atoms with Crippen LogP contribution in [0.25, 0.3) is 0 Å². The first-order valence-electron chi connectivity index (χ1n) is 5.83. The zero-order valence-electron chi connectivity index (χ0n) is 10.4. The summed E-state index contributed by atoms with van der Waals surface area (Å²) in [4.78, 5) is 4.25. The van der Waals surface area contributed by atoms with Crippen LogP contribution in [0.2, 0.25) is 0 Å². The number of rotatable bonds is 7. The molecule has 0 aromatic carbocycles. The van der Waals surface area contributed by atoms with Gasteiger partial charge >= 0.3 is 0 Å². The molecule has 0 aliphatic heterocycles. The van der Waals surface area contributed by atoms with Gasteiger partial charge in [0.15, 0.2) is 0 Å². The maximum atomic E-state index is 8.51. The molecule has 1 unspecified atom stereocenters. The molecule has 0 fully saturated rings. The molecule has 0 aliphatic carbocycles. The second-order valence-corrected chi connectivity index (χ2v) is 4.06. The van der Waals surface area contributed by atoms with Gasteiger partial charge in [-0.05, 0) is 6.42 Å². The molecule has 6 heteroatoms. The minimum absolute atomic E-state index is 0.242. The average molecular weight is 239 g/mol. The van der Waals surface area contributed by atoms with E-state index in [1.54, 1.807) is 6.20 Å². The van der Waals surface area contributed by atoms with Crippen molar-refractivity contribution in [2.24, 2.45) is 17.9 Å². The zero-order chi connectivity index (χ0) is 12.7. The van der Waals surface area contributed by atoms with E-state index in [4.69, 9.17) is 10.9 Å². The number of aryl methyl sites for hydroxylation is 1. The van der Waals surface area contributed by atoms with Gasteiger partial charge in [-0.2, -0.15) is 0 Å². The van der Waals surface area contributed by atoms with Crippen LogP contribution in [0.15, 0.2) is 17.5 Å². The van der Waals surface area contributed by atoms with Crippen LogP contribution in [0.1, 0.15) is 25.6 Å². The first-order valence-corrected chi connectivity index (χ1v) is 5.83. The lowest BCUT2D eigenvalue weighted by atomic mass is 10.1. The second kappa shape index (κ2) is 6.90. The number of nitrogens with two attached hydrogens (primary N) is 1. The van der Waals surface area contributed by atoms with Crippen molar-refractivity contribution < 1.29 is 5.21 Å². The van der Waals surface area contributed by atoms with Gasteiger partial charge < -0.3 is 20.8 Å². The summed E-state index contributed by atoms with van der Waals surface area (Å²) in [6.45, 7) is 2.91. The van der Waals surface area contributed by atoms with Crippen molar-refractivity contribution in [1.82, 2.24) is 14.9 Å². The third kappa shape index (κ3) is 4.44. The van der Waals surface area contributed by atoms with E-state index in [1.807, 2.05) is 17.8 Å². The molecule has 0 saturated heterocycles. The lowest BCUT2D eigenvalue weighted by Crippen LogP contribution is -2.34. The normalized spacial score (nSPS) is 13.9. The van der Waals surface area contributed by atoms with Crippen LogP contribution in [0, 0.1) is 0 Å². The van der Waals surface area contributed by atoms with Crippen molar-refractivity contribution in [1.29, 1.82) is 0 Å². The highest BCUT2D eigenvalue weighted by Gasteiger charge is 2.08. The monoisotopic (exact) mass is 239 g/mol. The van der Waals surface area contributed by atoms with E-state index in [2.05, 4.69) is 22.4 Å². The fraction of sp³-hybridized carbons (Fsp3) is 0.636. The van der Waals surface area contributed by atoms with Crippen LogP contribution in [0.4, 0.5) is 0 Å². The Bertz CT molecular complexity index is 360. The van der Waals surface area contributed by atoms with E-state index in [-0.39, 0.29) is 11.9 Å². The predicted octanol–water partition coefficient (Wildman–Crippen LogP) is 0.467. The van der Waals surface area contributed by atoms with Gasteiger partial charge in [0.1, 0.15) is 11.7 Å². The Hall–Kier alpha value is -1.56. The highest BCUT2D eigenvalue weighted by Crippen LogP contribution is 1.99. The standard InChI is InChI=1S/C11H21N5O/c1-3-9(8-10(12)15-17)13-5-4-11-14-6-7-16(11)2/h6-7,9,13,17H,3-5,8H2,1-2H3,(H2,12,15). The molecule has 4 N–H and O–H groups in total. The number of hydrogen-bond donors (Lipinski definition) is 3. The highest BCUT2D eigenvalue weighted by molar-refractivity contribution is 5.80. The summed E-state index contributed by atoms with van der Waals surface area (Å²) < 4.78 is 2.01. The smallest absolute Gasteiger partial charge is 0.140 e. The van der Waals surface area contributed by atoms with Crippen LogP contribution in [-0.2, 0) is 13.5 Å². The molecule has 96 valence electrons. The summed E-state index contributed by atoms with van der Waals surface area (Å²) in [7, 11) is 1.98. The zero-order valence-corrected chi connectivity index (χ0v) is 10.4. The Balaban J connectivity index is 2.31. The fourth-order valence-electron chi connectivity index (χ4n) is 1.68. The van der Waals surface area contributed by atoms with Crippen LogP contribution < -0.4 is 11.1 Å². The fourth-order valence-corrected chi connectivity index (χ4v) is 1.68. The van der Waals surface area contributed by atoms with Crippen molar-refractivity contribution in [2.75, 3.05) is 6.54 Å². The highest BCUT2D eigenvalue weighted by atomic mass is 16.4. The van der Waals surface area contributed by atoms with E-state index >= 15 is 0 Å². The summed E-state index contributed by atoms with van der Waals surface area (Å²) in [5.74, 6) is 1.32. The lowest BCUT2D eigenvalue weighted by molar-refractivity contribution is 0.315. The van der Waals surface area contributed by atoms with Crippen molar-refractivity contribution in [3.05, 3.63) is 18.2 Å². The van der Waals surface area contributed by atoms with Gasteiger partial charge in [0.2, 0.25) is 0 Å². The van der Waals surface area contributed by atoms with E-state index in [1.165, 1.54) is 0 Å². The molecule has 17 heavy (non-hydrogen) atoms. The second-order valence-electron chi connectivity index (χ2n) is 4.06. The summed E-state index contributed by atoms with van der Waals surface area (Å²) in [5.41, 5.74) is 5.48. The van der Waals surface area contributed by atoms with Gasteiger partial charge in [-0.3, -0.25) is 0 Å². The number of hydrogen-bond acceptors (Lipinski definition) is 4. The Morgan fingerprint density at radius 1 is 1.71 bits per heavy atom. The SMILES string of the molecule is CCC(CC(N)=NO)NCCc1nccn1C. The Morgan fingerprint density at radius 3 is 3.00 bits per heavy atom. The van der Waals surface area contributed by atoms with Crippen LogP contribution >= 0.6 is 0 Å². The minimum Gasteiger partial charge on any atom is -0.409 e. The number of amidine groups is 1. The summed E-state index contributed by atoms with van der Waals surface area (Å²) >= 11 is 0. The lowest BCUT2D eigenvalue weighted by Gasteiger charge is -2.15. The summed E-state index contributed by atoms with van der Waals surface area (Å²) in [5, 5.41) is 14.9. The van der Waals surface area contributed by atoms with Gasteiger partial charge in [-0.15, -0.1) is 0 Å². The average Bonchev–Trinajstić information content (AvgIpc) is 2.73. The molecule has 0 bridgehead atoms. The Kier molecular flexibility index (Phi) is 5.48. The van der Waals surface area contributed by atoms with Crippen molar-refractivity contribution in [3.63, 3.8) is 0 Å². The number of imidazole rings is 1. The number of aromatic nitrogens is 2. The molecule has 0 radical (unpaired) electrons. The molecule has 1 rings (SSSR count).